The van der Waals surface area contributed by atoms with Gasteiger partial charge < -0.3 is 36.2 Å². The summed E-state index contributed by atoms with van der Waals surface area (Å²) in [4.78, 5) is 57.5. The Morgan fingerprint density at radius 2 is 2.09 bits per heavy atom. The fourth-order valence-electron chi connectivity index (χ4n) is 7.52. The highest BCUT2D eigenvalue weighted by Gasteiger charge is 2.60. The molecule has 6 rings (SSSR count). The number of nitrogens with one attached hydrogen (secondary N) is 3. The second-order valence-electron chi connectivity index (χ2n) is 12.1. The maximum Gasteiger partial charge on any atom is 0.353 e. The van der Waals surface area contributed by atoms with Crippen molar-refractivity contribution in [3.05, 3.63) is 16.9 Å². The molecule has 17 heteroatoms. The molecule has 6 heterocycles. The van der Waals surface area contributed by atoms with Crippen molar-refractivity contribution in [3.8, 4) is 0 Å². The number of hydrogen-bond acceptors (Lipinski definition) is 10. The highest BCUT2D eigenvalue weighted by Crippen LogP contribution is 2.52. The Hall–Kier alpha value is -3.73. The molecular formula is C26H37N11O5S. The number of amides is 3. The molecule has 0 aliphatic carbocycles. The van der Waals surface area contributed by atoms with Crippen LogP contribution in [-0.2, 0) is 25.7 Å². The van der Waals surface area contributed by atoms with Gasteiger partial charge in [0.2, 0.25) is 17.7 Å². The van der Waals surface area contributed by atoms with Crippen molar-refractivity contribution in [2.45, 2.75) is 69.1 Å². The van der Waals surface area contributed by atoms with Crippen LogP contribution in [0.4, 0.5) is 0 Å². The van der Waals surface area contributed by atoms with Gasteiger partial charge in [0.1, 0.15) is 18.6 Å². The number of piperidine rings is 1. The number of fused-ring (bicyclic) bond motifs is 2. The fraction of sp³-hybridized carbons (Fsp3) is 0.692. The minimum absolute atomic E-state index is 0.00496. The summed E-state index contributed by atoms with van der Waals surface area (Å²) in [5.74, 6) is -2.17. The van der Waals surface area contributed by atoms with E-state index in [2.05, 4.69) is 26.2 Å². The molecule has 8 atom stereocenters. The van der Waals surface area contributed by atoms with Crippen LogP contribution in [0, 0.1) is 23.2 Å². The zero-order valence-corrected chi connectivity index (χ0v) is 24.9. The first-order valence-corrected chi connectivity index (χ1v) is 15.5. The summed E-state index contributed by atoms with van der Waals surface area (Å²) in [5, 5.41) is 34.7. The molecule has 4 fully saturated rings. The molecule has 0 aromatic carbocycles. The Labute approximate surface area is 252 Å². The van der Waals surface area contributed by atoms with E-state index in [9.17, 15) is 24.3 Å². The van der Waals surface area contributed by atoms with Crippen LogP contribution in [0.25, 0.3) is 0 Å². The van der Waals surface area contributed by atoms with E-state index in [1.54, 1.807) is 6.92 Å². The molecule has 0 radical (unpaired) electrons. The van der Waals surface area contributed by atoms with Gasteiger partial charge in [-0.15, -0.1) is 16.9 Å². The molecule has 0 spiro atoms. The van der Waals surface area contributed by atoms with Crippen molar-refractivity contribution in [2.24, 2.45) is 23.5 Å². The third kappa shape index (κ3) is 5.21. The predicted molar refractivity (Wildman–Crippen MR) is 153 cm³/mol. The number of aliphatic carboxylic acids is 1. The molecule has 1 aromatic heterocycles. The molecule has 0 bridgehead atoms. The summed E-state index contributed by atoms with van der Waals surface area (Å²) in [7, 11) is 0. The largest absolute Gasteiger partial charge is 0.477 e. The van der Waals surface area contributed by atoms with E-state index in [1.165, 1.54) is 27.7 Å². The number of carboxylic acid groups (broad SMARTS) is 1. The van der Waals surface area contributed by atoms with Crippen molar-refractivity contribution in [1.82, 2.24) is 45.5 Å². The van der Waals surface area contributed by atoms with Gasteiger partial charge in [-0.25, -0.2) is 9.48 Å². The molecule has 43 heavy (non-hydrogen) atoms. The van der Waals surface area contributed by atoms with Crippen LogP contribution in [0.3, 0.4) is 0 Å². The van der Waals surface area contributed by atoms with Gasteiger partial charge in [0, 0.05) is 54.3 Å². The summed E-state index contributed by atoms with van der Waals surface area (Å²) in [6, 6.07) is -1.09. The van der Waals surface area contributed by atoms with Crippen molar-refractivity contribution >= 4 is 41.4 Å². The number of hydrogen-bond donors (Lipinski definition) is 5. The van der Waals surface area contributed by atoms with E-state index in [-0.39, 0.29) is 65.2 Å². The fourth-order valence-corrected chi connectivity index (χ4v) is 9.00. The summed E-state index contributed by atoms with van der Waals surface area (Å²) in [6.07, 6.45) is 3.56. The first-order chi connectivity index (χ1) is 20.5. The number of thioether (sulfide) groups is 1. The molecule has 3 amide bonds. The lowest BCUT2D eigenvalue weighted by atomic mass is 9.78. The molecular weight excluding hydrogens is 578 g/mol. The Kier molecular flexibility index (Phi) is 7.78. The maximum absolute atomic E-state index is 13.6. The van der Waals surface area contributed by atoms with Crippen LogP contribution in [0.15, 0.2) is 16.9 Å². The zero-order chi connectivity index (χ0) is 30.6. The SMILES string of the molecule is CC(NC(=O)Cn1cnnn1)[C@H]1C(=O)N2C(C(=O)O)=C(S[C@@H]3CN[C@H](C(=O)N4CCC5CN(C(=N)N)CCC54)C3)[C@H](C)[C@H]12. The predicted octanol–water partition coefficient (Wildman–Crippen LogP) is -1.77. The third-order valence-corrected chi connectivity index (χ3v) is 11.1. The summed E-state index contributed by atoms with van der Waals surface area (Å²) in [6.45, 7) is 6.19. The Morgan fingerprint density at radius 1 is 1.30 bits per heavy atom. The van der Waals surface area contributed by atoms with Gasteiger partial charge >= 0.3 is 5.97 Å². The highest BCUT2D eigenvalue weighted by atomic mass is 32.2. The number of aromatic nitrogens is 4. The van der Waals surface area contributed by atoms with Crippen molar-refractivity contribution in [2.75, 3.05) is 26.2 Å². The van der Waals surface area contributed by atoms with Crippen molar-refractivity contribution in [3.63, 3.8) is 0 Å². The van der Waals surface area contributed by atoms with Gasteiger partial charge in [0.15, 0.2) is 5.96 Å². The van der Waals surface area contributed by atoms with E-state index in [1.807, 2.05) is 16.7 Å². The number of rotatable bonds is 8. The smallest absolute Gasteiger partial charge is 0.353 e. The van der Waals surface area contributed by atoms with Gasteiger partial charge in [-0.2, -0.15) is 0 Å². The van der Waals surface area contributed by atoms with Gasteiger partial charge in [0.25, 0.3) is 0 Å². The van der Waals surface area contributed by atoms with Crippen LogP contribution < -0.4 is 16.4 Å². The molecule has 232 valence electrons. The monoisotopic (exact) mass is 615 g/mol. The molecule has 5 aliphatic rings. The second-order valence-corrected chi connectivity index (χ2v) is 13.4. The van der Waals surface area contributed by atoms with E-state index in [0.29, 0.717) is 43.4 Å². The number of guanidine groups is 1. The average Bonchev–Trinajstić information content (AvgIpc) is 3.75. The Morgan fingerprint density at radius 3 is 2.79 bits per heavy atom. The van der Waals surface area contributed by atoms with Crippen LogP contribution in [0.2, 0.25) is 0 Å². The van der Waals surface area contributed by atoms with Crippen molar-refractivity contribution in [1.29, 1.82) is 5.41 Å². The van der Waals surface area contributed by atoms with Crippen LogP contribution in [-0.4, -0.2) is 125 Å². The lowest BCUT2D eigenvalue weighted by molar-refractivity contribution is -0.158. The van der Waals surface area contributed by atoms with Gasteiger partial charge in [-0.3, -0.25) is 19.8 Å². The summed E-state index contributed by atoms with van der Waals surface area (Å²) < 4.78 is 1.28. The number of tetrazole rings is 1. The van der Waals surface area contributed by atoms with Crippen LogP contribution in [0.5, 0.6) is 0 Å². The number of carbonyl (C=O) groups excluding carboxylic acids is 3. The lowest BCUT2D eigenvalue weighted by Gasteiger charge is -2.47. The van der Waals surface area contributed by atoms with E-state index < -0.39 is 17.9 Å². The lowest BCUT2D eigenvalue weighted by Crippen LogP contribution is -2.66. The third-order valence-electron chi connectivity index (χ3n) is 9.56. The van der Waals surface area contributed by atoms with E-state index in [4.69, 9.17) is 11.1 Å². The molecule has 6 N–H and O–H groups in total. The first kappa shape index (κ1) is 29.3. The molecule has 5 aliphatic heterocycles. The van der Waals surface area contributed by atoms with Gasteiger partial charge in [-0.05, 0) is 42.5 Å². The number of carbonyl (C=O) groups is 4. The molecule has 1 aromatic rings. The molecule has 3 unspecified atom stereocenters. The number of nitrogens with zero attached hydrogens (tertiary/aromatic N) is 7. The Bertz CT molecular complexity index is 1350. The highest BCUT2D eigenvalue weighted by molar-refractivity contribution is 8.03. The maximum atomic E-state index is 13.6. The molecule has 0 saturated carbocycles. The van der Waals surface area contributed by atoms with Gasteiger partial charge in [0.05, 0.1) is 18.0 Å². The normalized spacial score (nSPS) is 32.4. The average molecular weight is 616 g/mol. The molecule has 4 saturated heterocycles. The van der Waals surface area contributed by atoms with Crippen molar-refractivity contribution < 1.29 is 24.3 Å². The number of carboxylic acids is 1. The second kappa shape index (κ2) is 11.4. The number of β-lactam (4-membered cyclic amide) rings is 1. The van der Waals surface area contributed by atoms with E-state index in [0.717, 1.165) is 12.8 Å². The van der Waals surface area contributed by atoms with Crippen LogP contribution in [0.1, 0.15) is 33.1 Å². The Balaban J connectivity index is 1.08. The van der Waals surface area contributed by atoms with Crippen LogP contribution >= 0.6 is 11.8 Å². The van der Waals surface area contributed by atoms with Gasteiger partial charge in [-0.1, -0.05) is 6.92 Å². The quantitative estimate of drug-likeness (QED) is 0.125. The minimum Gasteiger partial charge on any atom is -0.477 e. The summed E-state index contributed by atoms with van der Waals surface area (Å²) >= 11 is 1.44. The minimum atomic E-state index is -1.15. The number of nitrogens with two attached hydrogens (primary N) is 1. The molecule has 16 nitrogen and oxygen atoms in total. The van der Waals surface area contributed by atoms with E-state index >= 15 is 0 Å². The topological polar surface area (TPSA) is 216 Å². The standard InChI is InChI=1S/C26H37N11O5S/c1-12-20-19(13(2)31-18(38)10-35-11-30-32-33-35)24(40)37(20)21(25(41)42)22(12)43-15-7-16(29-8-15)23(39)36-6-3-14-9-34(26(27)28)5-4-17(14)36/h11-17,19-20,29H,3-10H2,1-2H3,(H3,27,28)(H,31,38)(H,41,42)/t12-,13?,14?,15+,16+,17?,19-,20-/m1/s1. The first-order valence-electron chi connectivity index (χ1n) is 14.6. The number of likely N-dealkylation sites (tertiary alicyclic amines) is 2. The summed E-state index contributed by atoms with van der Waals surface area (Å²) in [5.41, 5.74) is 5.69. The zero-order valence-electron chi connectivity index (χ0n) is 24.0.